The summed E-state index contributed by atoms with van der Waals surface area (Å²) in [6.45, 7) is -7.84. The highest BCUT2D eigenvalue weighted by atomic mass is 127. The molecule has 0 fully saturated rings. The second kappa shape index (κ2) is 37.9. The van der Waals surface area contributed by atoms with Gasteiger partial charge in [-0.25, -0.2) is 0 Å². The van der Waals surface area contributed by atoms with Crippen molar-refractivity contribution in [3.05, 3.63) is 65.5 Å². The van der Waals surface area contributed by atoms with Crippen molar-refractivity contribution in [2.24, 2.45) is 5.92 Å². The highest BCUT2D eigenvalue weighted by Crippen LogP contribution is 2.40. The van der Waals surface area contributed by atoms with Crippen LogP contribution in [0.25, 0.3) is 0 Å². The molecule has 3 aromatic rings. The third-order valence-corrected chi connectivity index (χ3v) is 21.9. The van der Waals surface area contributed by atoms with Gasteiger partial charge in [-0.2, -0.15) is 0 Å². The number of hydrogen-bond donors (Lipinski definition) is 18. The third kappa shape index (κ3) is 20.7. The predicted molar refractivity (Wildman–Crippen MR) is 390 cm³/mol. The van der Waals surface area contributed by atoms with Crippen LogP contribution in [0, 0.1) is 38.0 Å². The van der Waals surface area contributed by atoms with Crippen molar-refractivity contribution in [2.75, 3.05) is 116 Å². The Hall–Kier alpha value is -1.02. The fourth-order valence-corrected chi connectivity index (χ4v) is 20.6. The summed E-state index contributed by atoms with van der Waals surface area (Å²) in [5.74, 6) is -9.70. The van der Waals surface area contributed by atoms with Gasteiger partial charge in [-0.3, -0.25) is 43.2 Å². The van der Waals surface area contributed by atoms with Crippen molar-refractivity contribution in [1.82, 2.24) is 30.7 Å². The van der Waals surface area contributed by atoms with Gasteiger partial charge in [0.1, 0.15) is 0 Å². The van der Waals surface area contributed by atoms with Gasteiger partial charge in [0.05, 0.1) is 130 Å². The van der Waals surface area contributed by atoms with E-state index in [9.17, 15) is 104 Å². The number of halogens is 9. The van der Waals surface area contributed by atoms with Crippen molar-refractivity contribution in [2.45, 2.75) is 36.6 Å². The molecule has 18 N–H and O–H groups in total. The van der Waals surface area contributed by atoms with Crippen LogP contribution >= 0.6 is 203 Å². The summed E-state index contributed by atoms with van der Waals surface area (Å²) in [4.78, 5) is 129. The van der Waals surface area contributed by atoms with Gasteiger partial charge in [0.15, 0.2) is 18.3 Å². The Balaban J connectivity index is 2.37. The van der Waals surface area contributed by atoms with Crippen LogP contribution in [0.4, 0.5) is 17.1 Å². The molecule has 6 unspecified atom stereocenters. The molecule has 0 aliphatic heterocycles. The highest BCUT2D eigenvalue weighted by Gasteiger charge is 2.36. The predicted octanol–water partition coefficient (Wildman–Crippen LogP) is -1.52. The molecule has 30 nitrogen and oxygen atoms in total. The Morgan fingerprint density at radius 3 is 0.739 bits per heavy atom. The van der Waals surface area contributed by atoms with Gasteiger partial charge < -0.3 is 108 Å². The maximum Gasteiger partial charge on any atom is 0.255 e. The van der Waals surface area contributed by atoms with Crippen LogP contribution < -0.4 is 31.9 Å². The second-order valence-electron chi connectivity index (χ2n) is 18.8. The lowest BCUT2D eigenvalue weighted by Gasteiger charge is -2.26. The average Bonchev–Trinajstić information content (AvgIpc) is 0.816. The molecule has 0 bridgehead atoms. The zero-order chi connectivity index (χ0) is 67.1. The van der Waals surface area contributed by atoms with E-state index < -0.39 is 175 Å². The van der Waals surface area contributed by atoms with Gasteiger partial charge in [-0.05, 0) is 203 Å². The number of benzene rings is 3. The van der Waals surface area contributed by atoms with E-state index in [4.69, 9.17) is 0 Å². The van der Waals surface area contributed by atoms with E-state index in [1.807, 2.05) is 0 Å². The van der Waals surface area contributed by atoms with Crippen LogP contribution in [-0.2, 0) is 14.4 Å². The number of nitrogens with zero attached hydrogens (tertiary/aromatic N) is 3. The lowest BCUT2D eigenvalue weighted by Crippen LogP contribution is -2.44. The van der Waals surface area contributed by atoms with E-state index in [0.29, 0.717) is 0 Å². The average molecular weight is 2250 g/mol. The maximum absolute atomic E-state index is 14.8. The number of anilines is 3. The zero-order valence-corrected chi connectivity index (χ0v) is 65.2. The smallest absolute Gasteiger partial charge is 0.255 e. The maximum atomic E-state index is 14.8. The molecule has 9 amide bonds. The largest absolute Gasteiger partial charge is 0.394 e. The summed E-state index contributed by atoms with van der Waals surface area (Å²) >= 11 is 15.5. The SMILES string of the molecule is CN(CC(O)CO)C(=O)c1c(I)c(NC(=O)C(O)CO)c(I)c(C(=O)NCC(CNC(=O)c2c(I)c(NC(=O)C(O)CO)c(I)c(C(=O)N(C)CC(O)CO)c2I)CNC(=O)c2c(I)c(NC(=O)C(O)CO)c(I)c(C(=O)N(C)CC(O)CO)c2I)c1I. The van der Waals surface area contributed by atoms with E-state index >= 15 is 0 Å². The van der Waals surface area contributed by atoms with Crippen molar-refractivity contribution in [1.29, 1.82) is 0 Å². The first-order valence-corrected chi connectivity index (χ1v) is 34.7. The first-order valence-electron chi connectivity index (χ1n) is 25.0. The molecule has 6 atom stereocenters. The normalized spacial score (nSPS) is 13.6. The molecule has 39 heteroatoms. The third-order valence-electron chi connectivity index (χ3n) is 12.2. The van der Waals surface area contributed by atoms with Gasteiger partial charge in [0.2, 0.25) is 0 Å². The van der Waals surface area contributed by atoms with Crippen LogP contribution in [0.5, 0.6) is 0 Å². The molecule has 0 saturated carbocycles. The van der Waals surface area contributed by atoms with Crippen LogP contribution in [0.1, 0.15) is 62.1 Å². The number of aliphatic hydroxyl groups is 12. The number of likely N-dealkylation sites (N-methyl/N-ethyl adjacent to an activating group) is 3. The van der Waals surface area contributed by atoms with Crippen LogP contribution in [0.3, 0.4) is 0 Å². The lowest BCUT2D eigenvalue weighted by molar-refractivity contribution is -0.126. The molecule has 0 heterocycles. The Labute approximate surface area is 624 Å². The number of aliphatic hydroxyl groups excluding tert-OH is 12. The van der Waals surface area contributed by atoms with E-state index in [1.54, 1.807) is 203 Å². The lowest BCUT2D eigenvalue weighted by atomic mass is 10.0. The topological polar surface area (TPSA) is 478 Å². The molecule has 3 aromatic carbocycles. The quantitative estimate of drug-likeness (QED) is 0.0337. The van der Waals surface area contributed by atoms with Crippen molar-refractivity contribution < 1.29 is 104 Å². The number of nitrogens with one attached hydrogen (secondary N) is 6. The van der Waals surface area contributed by atoms with Crippen LogP contribution in [-0.4, -0.2) is 266 Å². The fourth-order valence-electron chi connectivity index (χ4n) is 7.49. The molecule has 0 spiro atoms. The van der Waals surface area contributed by atoms with Gasteiger partial charge in [0, 0.05) is 77.0 Å². The summed E-state index contributed by atoms with van der Waals surface area (Å²) in [7, 11) is 3.88. The first kappa shape index (κ1) is 81.2. The molecule has 3 rings (SSSR count). The number of amides is 9. The van der Waals surface area contributed by atoms with Crippen molar-refractivity contribution >= 4 is 274 Å². The Morgan fingerprint density at radius 2 is 0.545 bits per heavy atom. The summed E-state index contributed by atoms with van der Waals surface area (Å²) < 4.78 is 0.174. The first-order chi connectivity index (χ1) is 41.1. The second-order valence-corrected chi connectivity index (χ2v) is 28.5. The minimum absolute atomic E-state index is 0.00337. The van der Waals surface area contributed by atoms with Crippen LogP contribution in [0.2, 0.25) is 0 Å². The molecule has 0 radical (unpaired) electrons. The summed E-state index contributed by atoms with van der Waals surface area (Å²) in [6, 6.07) is 0. The fraction of sp³-hybridized carbons (Fsp3) is 0.449. The summed E-state index contributed by atoms with van der Waals surface area (Å²) in [5.41, 5.74) is -1.74. The number of hydrogen-bond acceptors (Lipinski definition) is 21. The Bertz CT molecular complexity index is 2830. The van der Waals surface area contributed by atoms with E-state index in [1.165, 1.54) is 21.1 Å². The molecular weight excluding hydrogens is 2190 g/mol. The molecular formula is C49H58I9N9O21. The van der Waals surface area contributed by atoms with Gasteiger partial charge in [0.25, 0.3) is 53.2 Å². The standard InChI is InChI=1S/C49H58I9N9O21/c1-65(7-17(74)10-68)47(86)26-29(50)23(32(53)38(35(26)56)62-41(80)20(77)13-71)44(83)59-4-16(5-60-45(84)24-30(51)27(48(87)66(2)8-18(75)11-69)36(57)39(33(24)54)63-42(81)21(78)14-72)6-61-46(85)25-31(52)28(49(88)67(3)9-19(76)12-70)37(58)40(34(25)55)64-43(82)22(79)15-73/h16-22,68-79H,4-15H2,1-3H3,(H,59,83)(H,60,84)(H,61,85)(H,62,80)(H,63,81)(H,64,82). The number of carbonyl (C=O) groups excluding carboxylic acids is 9. The zero-order valence-electron chi connectivity index (χ0n) is 45.8. The van der Waals surface area contributed by atoms with Gasteiger partial charge >= 0.3 is 0 Å². The molecule has 488 valence electrons. The van der Waals surface area contributed by atoms with Gasteiger partial charge in [-0.1, -0.05) is 0 Å². The van der Waals surface area contributed by atoms with Crippen molar-refractivity contribution in [3.63, 3.8) is 0 Å². The summed E-state index contributed by atoms with van der Waals surface area (Å²) in [5, 5.41) is 134. The highest BCUT2D eigenvalue weighted by molar-refractivity contribution is 14.1. The molecule has 0 saturated heterocycles. The Morgan fingerprint density at radius 1 is 0.341 bits per heavy atom. The van der Waals surface area contributed by atoms with Crippen LogP contribution in [0.15, 0.2) is 0 Å². The molecule has 88 heavy (non-hydrogen) atoms. The number of rotatable bonds is 30. The minimum atomic E-state index is -1.96. The van der Waals surface area contributed by atoms with E-state index in [-0.39, 0.29) is 82.6 Å². The van der Waals surface area contributed by atoms with E-state index in [0.717, 1.165) is 14.7 Å². The molecule has 0 aliphatic rings. The monoisotopic (exact) mass is 2250 g/mol. The minimum Gasteiger partial charge on any atom is -0.394 e. The molecule has 0 aromatic heterocycles. The summed E-state index contributed by atoms with van der Waals surface area (Å²) in [6.07, 6.45) is -10.0. The van der Waals surface area contributed by atoms with E-state index in [2.05, 4.69) is 31.9 Å². The Kier molecular flexibility index (Phi) is 35.0. The number of carbonyl (C=O) groups is 9. The molecule has 0 aliphatic carbocycles. The van der Waals surface area contributed by atoms with Gasteiger partial charge in [-0.15, -0.1) is 0 Å². The van der Waals surface area contributed by atoms with Crippen molar-refractivity contribution in [3.8, 4) is 0 Å².